The molecule has 0 aromatic heterocycles. The van der Waals surface area contributed by atoms with Crippen LogP contribution >= 0.6 is 0 Å². The number of carbonyl (C=O) groups excluding carboxylic acids is 1. The van der Waals surface area contributed by atoms with Crippen molar-refractivity contribution in [3.8, 4) is 0 Å². The maximum atomic E-state index is 11.3. The summed E-state index contributed by atoms with van der Waals surface area (Å²) in [5, 5.41) is 0.229. The number of methoxy groups -OCH3 is 1. The molecule has 0 N–H and O–H groups in total. The van der Waals surface area contributed by atoms with E-state index in [2.05, 4.69) is 58.5 Å². The Labute approximate surface area is 143 Å². The molecule has 0 unspecified atom stereocenters. The van der Waals surface area contributed by atoms with Crippen LogP contribution < -0.4 is 0 Å². The van der Waals surface area contributed by atoms with Crippen LogP contribution in [0.5, 0.6) is 0 Å². The van der Waals surface area contributed by atoms with Crippen molar-refractivity contribution in [2.45, 2.75) is 72.0 Å². The molecular weight excluding hydrogens is 304 g/mol. The molecule has 0 spiro atoms. The summed E-state index contributed by atoms with van der Waals surface area (Å²) in [6, 6.07) is 0. The minimum absolute atomic E-state index is 0.0206. The minimum Gasteiger partial charge on any atom is -0.547 e. The lowest BCUT2D eigenvalue weighted by Gasteiger charge is -2.40. The van der Waals surface area contributed by atoms with Crippen LogP contribution in [0.1, 0.15) is 53.9 Å². The van der Waals surface area contributed by atoms with Gasteiger partial charge in [0.15, 0.2) is 0 Å². The Morgan fingerprint density at radius 3 is 2.30 bits per heavy atom. The highest BCUT2D eigenvalue weighted by Gasteiger charge is 2.40. The van der Waals surface area contributed by atoms with E-state index in [9.17, 15) is 4.79 Å². The van der Waals surface area contributed by atoms with Gasteiger partial charge in [0.1, 0.15) is 0 Å². The van der Waals surface area contributed by atoms with Crippen molar-refractivity contribution in [1.82, 2.24) is 0 Å². The molecule has 0 heterocycles. The molecule has 1 aliphatic carbocycles. The van der Waals surface area contributed by atoms with E-state index < -0.39 is 8.32 Å². The quantitative estimate of drug-likeness (QED) is 0.380. The Morgan fingerprint density at radius 1 is 1.26 bits per heavy atom. The average Bonchev–Trinajstić information content (AvgIpc) is 2.43. The number of ether oxygens (including phenoxy) is 1. The number of carbonyl (C=O) groups is 1. The molecule has 0 aromatic rings. The monoisotopic (exact) mass is 338 g/mol. The summed E-state index contributed by atoms with van der Waals surface area (Å²) in [4.78, 5) is 11.3. The predicted molar refractivity (Wildman–Crippen MR) is 98.6 cm³/mol. The molecule has 0 aromatic carbocycles. The Morgan fingerprint density at radius 2 is 1.87 bits per heavy atom. The third kappa shape index (κ3) is 5.52. The van der Waals surface area contributed by atoms with Crippen molar-refractivity contribution in [1.29, 1.82) is 0 Å². The molecule has 0 radical (unpaired) electrons. The van der Waals surface area contributed by atoms with Gasteiger partial charge < -0.3 is 9.16 Å². The van der Waals surface area contributed by atoms with Crippen LogP contribution in [0.15, 0.2) is 24.0 Å². The van der Waals surface area contributed by atoms with E-state index in [1.807, 2.05) is 6.08 Å². The van der Waals surface area contributed by atoms with Gasteiger partial charge in [0.2, 0.25) is 8.32 Å². The van der Waals surface area contributed by atoms with E-state index in [4.69, 9.17) is 4.43 Å². The Bertz CT molecular complexity index is 481. The second kappa shape index (κ2) is 7.25. The Balaban J connectivity index is 2.71. The van der Waals surface area contributed by atoms with Crippen LogP contribution in [0.25, 0.3) is 0 Å². The summed E-state index contributed by atoms with van der Waals surface area (Å²) in [6.45, 7) is 15.8. The lowest BCUT2D eigenvalue weighted by Crippen LogP contribution is -2.40. The summed E-state index contributed by atoms with van der Waals surface area (Å²) in [7, 11) is -0.328. The zero-order valence-corrected chi connectivity index (χ0v) is 17.2. The molecule has 0 amide bonds. The van der Waals surface area contributed by atoms with E-state index in [0.29, 0.717) is 5.92 Å². The van der Waals surface area contributed by atoms with Gasteiger partial charge in [-0.05, 0) is 48.4 Å². The summed E-state index contributed by atoms with van der Waals surface area (Å²) in [5.41, 5.74) is -0.0206. The van der Waals surface area contributed by atoms with Crippen LogP contribution in [0.2, 0.25) is 18.1 Å². The first-order chi connectivity index (χ1) is 10.4. The molecule has 0 saturated heterocycles. The maximum absolute atomic E-state index is 11.3. The van der Waals surface area contributed by atoms with Gasteiger partial charge in [0, 0.05) is 12.5 Å². The summed E-state index contributed by atoms with van der Waals surface area (Å²) < 4.78 is 11.1. The number of hydrogen-bond acceptors (Lipinski definition) is 3. The van der Waals surface area contributed by atoms with Crippen molar-refractivity contribution in [2.75, 3.05) is 7.11 Å². The topological polar surface area (TPSA) is 35.5 Å². The first kappa shape index (κ1) is 20.0. The fourth-order valence-electron chi connectivity index (χ4n) is 2.55. The molecular formula is C19H34O3Si. The van der Waals surface area contributed by atoms with Crippen LogP contribution in [0.4, 0.5) is 0 Å². The Kier molecular flexibility index (Phi) is 6.30. The standard InChI is InChI=1S/C19H34O3Si/c1-18(2,3)23(7,8)22-16-11-9-15(10-12-16)19(4,5)14-13-17(20)21-6/h11,13-15H,9-10,12H2,1-8H3/b14-13+/t15-/m0/s1. The summed E-state index contributed by atoms with van der Waals surface area (Å²) in [6.07, 6.45) is 8.89. The normalized spacial score (nSPS) is 20.3. The molecule has 1 atom stereocenters. The van der Waals surface area contributed by atoms with Crippen LogP contribution in [0, 0.1) is 11.3 Å². The number of allylic oxidation sites excluding steroid dienone is 3. The lowest BCUT2D eigenvalue weighted by molar-refractivity contribution is -0.134. The highest BCUT2D eigenvalue weighted by molar-refractivity contribution is 6.74. The number of rotatable bonds is 5. The molecule has 0 aliphatic heterocycles. The first-order valence-corrected chi connectivity index (χ1v) is 11.4. The van der Waals surface area contributed by atoms with Crippen LogP contribution in [0.3, 0.4) is 0 Å². The van der Waals surface area contributed by atoms with E-state index in [1.54, 1.807) is 6.08 Å². The number of esters is 1. The smallest absolute Gasteiger partial charge is 0.330 e. The van der Waals surface area contributed by atoms with Crippen molar-refractivity contribution in [3.05, 3.63) is 24.0 Å². The van der Waals surface area contributed by atoms with Gasteiger partial charge in [0.25, 0.3) is 0 Å². The van der Waals surface area contributed by atoms with Gasteiger partial charge in [-0.25, -0.2) is 4.79 Å². The second-order valence-electron chi connectivity index (χ2n) is 8.68. The van der Waals surface area contributed by atoms with Gasteiger partial charge in [-0.1, -0.05) is 40.7 Å². The second-order valence-corrected chi connectivity index (χ2v) is 13.4. The largest absolute Gasteiger partial charge is 0.547 e. The average molecular weight is 339 g/mol. The van der Waals surface area contributed by atoms with Crippen molar-refractivity contribution < 1.29 is 14.0 Å². The third-order valence-corrected chi connectivity index (χ3v) is 9.85. The first-order valence-electron chi connectivity index (χ1n) is 8.54. The fourth-order valence-corrected chi connectivity index (χ4v) is 3.69. The molecule has 0 saturated carbocycles. The molecule has 1 rings (SSSR count). The van der Waals surface area contributed by atoms with Crippen molar-refractivity contribution in [3.63, 3.8) is 0 Å². The zero-order chi connectivity index (χ0) is 17.9. The highest BCUT2D eigenvalue weighted by atomic mass is 28.4. The molecule has 23 heavy (non-hydrogen) atoms. The molecule has 4 heteroatoms. The molecule has 1 aliphatic rings. The van der Waals surface area contributed by atoms with Gasteiger partial charge in [-0.3, -0.25) is 0 Å². The van der Waals surface area contributed by atoms with Gasteiger partial charge in [-0.2, -0.15) is 0 Å². The number of hydrogen-bond donors (Lipinski definition) is 0. The SMILES string of the molecule is COC(=O)/C=C/C(C)(C)[C@H]1CC=C(O[Si](C)(C)C(C)(C)C)CC1. The maximum Gasteiger partial charge on any atom is 0.330 e. The predicted octanol–water partition coefficient (Wildman–Crippen LogP) is 5.45. The lowest BCUT2D eigenvalue weighted by atomic mass is 9.72. The Hall–Kier alpha value is -1.03. The summed E-state index contributed by atoms with van der Waals surface area (Å²) >= 11 is 0. The molecule has 132 valence electrons. The van der Waals surface area contributed by atoms with Gasteiger partial charge in [0.05, 0.1) is 12.9 Å². The fraction of sp³-hybridized carbons (Fsp3) is 0.737. The molecule has 3 nitrogen and oxygen atoms in total. The third-order valence-electron chi connectivity index (χ3n) is 5.46. The highest BCUT2D eigenvalue weighted by Crippen LogP contribution is 2.42. The van der Waals surface area contributed by atoms with Crippen LogP contribution in [-0.4, -0.2) is 21.4 Å². The van der Waals surface area contributed by atoms with Gasteiger partial charge >= 0.3 is 5.97 Å². The molecule has 0 fully saturated rings. The van der Waals surface area contributed by atoms with E-state index in [-0.39, 0.29) is 16.4 Å². The summed E-state index contributed by atoms with van der Waals surface area (Å²) in [5.74, 6) is 1.40. The zero-order valence-electron chi connectivity index (χ0n) is 16.2. The van der Waals surface area contributed by atoms with Crippen LogP contribution in [-0.2, 0) is 14.0 Å². The van der Waals surface area contributed by atoms with Crippen molar-refractivity contribution in [2.24, 2.45) is 11.3 Å². The molecule has 0 bridgehead atoms. The van der Waals surface area contributed by atoms with E-state index in [1.165, 1.54) is 12.9 Å². The minimum atomic E-state index is -1.74. The van der Waals surface area contributed by atoms with Crippen molar-refractivity contribution >= 4 is 14.3 Å². The van der Waals surface area contributed by atoms with E-state index >= 15 is 0 Å². The van der Waals surface area contributed by atoms with E-state index in [0.717, 1.165) is 19.3 Å². The van der Waals surface area contributed by atoms with Gasteiger partial charge in [-0.15, -0.1) is 0 Å².